The molecule has 0 heterocycles. The number of nitrogens with one attached hydrogen (secondary N) is 2. The zero-order valence-electron chi connectivity index (χ0n) is 13.6. The van der Waals surface area contributed by atoms with Crippen LogP contribution in [-0.4, -0.2) is 57.3 Å². The Balaban J connectivity index is 2.32. The van der Waals surface area contributed by atoms with Crippen molar-refractivity contribution in [2.24, 2.45) is 4.99 Å². The summed E-state index contributed by atoms with van der Waals surface area (Å²) in [7, 11) is 2.88. The van der Waals surface area contributed by atoms with Gasteiger partial charge in [-0.1, -0.05) is 0 Å². The molecule has 0 saturated carbocycles. The Morgan fingerprint density at radius 2 is 1.83 bits per heavy atom. The standard InChI is InChI=1S/C15H21F5N4/c1-21-14(23-7-8-24(2)10-15(18,19)20)22-6-5-11-9-12(16)3-4-13(11)17/h3-4,9H,5-8,10H2,1-2H3,(H2,21,22,23). The van der Waals surface area contributed by atoms with Crippen molar-refractivity contribution in [3.8, 4) is 0 Å². The lowest BCUT2D eigenvalue weighted by Crippen LogP contribution is -2.43. The van der Waals surface area contributed by atoms with E-state index in [1.54, 1.807) is 0 Å². The lowest BCUT2D eigenvalue weighted by molar-refractivity contribution is -0.142. The largest absolute Gasteiger partial charge is 0.401 e. The fourth-order valence-corrected chi connectivity index (χ4v) is 2.02. The highest BCUT2D eigenvalue weighted by atomic mass is 19.4. The summed E-state index contributed by atoms with van der Waals surface area (Å²) in [5.41, 5.74) is 0.239. The second kappa shape index (κ2) is 9.41. The van der Waals surface area contributed by atoms with Crippen LogP contribution in [0.4, 0.5) is 22.0 Å². The topological polar surface area (TPSA) is 39.7 Å². The fourth-order valence-electron chi connectivity index (χ4n) is 2.02. The number of guanidine groups is 1. The van der Waals surface area contributed by atoms with E-state index in [2.05, 4.69) is 15.6 Å². The summed E-state index contributed by atoms with van der Waals surface area (Å²) in [5.74, 6) is -0.622. The van der Waals surface area contributed by atoms with Crippen molar-refractivity contribution in [2.45, 2.75) is 12.6 Å². The quantitative estimate of drug-likeness (QED) is 0.449. The lowest BCUT2D eigenvalue weighted by Gasteiger charge is -2.19. The van der Waals surface area contributed by atoms with Gasteiger partial charge in [-0.2, -0.15) is 13.2 Å². The first-order valence-corrected chi connectivity index (χ1v) is 7.35. The highest BCUT2D eigenvalue weighted by Crippen LogP contribution is 2.15. The highest BCUT2D eigenvalue weighted by Gasteiger charge is 2.28. The summed E-state index contributed by atoms with van der Waals surface area (Å²) in [6, 6.07) is 3.23. The molecule has 2 N–H and O–H groups in total. The van der Waals surface area contributed by atoms with Gasteiger partial charge in [0.15, 0.2) is 5.96 Å². The summed E-state index contributed by atoms with van der Waals surface area (Å²) < 4.78 is 63.1. The lowest BCUT2D eigenvalue weighted by atomic mass is 10.1. The average Bonchev–Trinajstić information content (AvgIpc) is 2.47. The average molecular weight is 352 g/mol. The predicted molar refractivity (Wildman–Crippen MR) is 83.0 cm³/mol. The van der Waals surface area contributed by atoms with E-state index in [1.807, 2.05) is 0 Å². The van der Waals surface area contributed by atoms with Crippen molar-refractivity contribution in [2.75, 3.05) is 40.3 Å². The molecule has 0 aliphatic rings. The van der Waals surface area contributed by atoms with E-state index in [1.165, 1.54) is 14.1 Å². The molecule has 9 heteroatoms. The van der Waals surface area contributed by atoms with E-state index in [4.69, 9.17) is 0 Å². The number of likely N-dealkylation sites (N-methyl/N-ethyl adjacent to an activating group) is 1. The second-order valence-electron chi connectivity index (χ2n) is 5.26. The molecule has 0 bridgehead atoms. The maximum absolute atomic E-state index is 13.5. The van der Waals surface area contributed by atoms with Crippen LogP contribution in [0.2, 0.25) is 0 Å². The smallest absolute Gasteiger partial charge is 0.356 e. The van der Waals surface area contributed by atoms with Gasteiger partial charge in [0.2, 0.25) is 0 Å². The summed E-state index contributed by atoms with van der Waals surface area (Å²) >= 11 is 0. The van der Waals surface area contributed by atoms with Gasteiger partial charge in [-0.05, 0) is 37.2 Å². The molecular formula is C15H21F5N4. The molecule has 0 aliphatic carbocycles. The minimum atomic E-state index is -4.23. The van der Waals surface area contributed by atoms with E-state index in [0.717, 1.165) is 23.1 Å². The summed E-state index contributed by atoms with van der Waals surface area (Å²) in [5, 5.41) is 5.76. The molecule has 0 aliphatic heterocycles. The third-order valence-corrected chi connectivity index (χ3v) is 3.15. The minimum absolute atomic E-state index is 0.179. The monoisotopic (exact) mass is 352 g/mol. The number of nitrogens with zero attached hydrogens (tertiary/aromatic N) is 2. The molecule has 0 aromatic heterocycles. The van der Waals surface area contributed by atoms with Crippen LogP contribution in [0.5, 0.6) is 0 Å². The van der Waals surface area contributed by atoms with Crippen LogP contribution in [0, 0.1) is 11.6 Å². The maximum Gasteiger partial charge on any atom is 0.401 e. The van der Waals surface area contributed by atoms with Crippen LogP contribution < -0.4 is 10.6 Å². The van der Waals surface area contributed by atoms with Gasteiger partial charge >= 0.3 is 6.18 Å². The van der Waals surface area contributed by atoms with Crippen LogP contribution >= 0.6 is 0 Å². The van der Waals surface area contributed by atoms with Crippen LogP contribution in [0.1, 0.15) is 5.56 Å². The van der Waals surface area contributed by atoms with Gasteiger partial charge in [-0.25, -0.2) is 8.78 Å². The van der Waals surface area contributed by atoms with E-state index in [9.17, 15) is 22.0 Å². The summed E-state index contributed by atoms with van der Waals surface area (Å²) in [6.45, 7) is -0.239. The molecule has 0 fully saturated rings. The number of hydrogen-bond acceptors (Lipinski definition) is 2. The zero-order chi connectivity index (χ0) is 18.2. The van der Waals surface area contributed by atoms with Gasteiger partial charge in [-0.3, -0.25) is 9.89 Å². The third-order valence-electron chi connectivity index (χ3n) is 3.15. The number of hydrogen-bond donors (Lipinski definition) is 2. The Hall–Kier alpha value is -1.90. The van der Waals surface area contributed by atoms with Crippen LogP contribution in [0.25, 0.3) is 0 Å². The molecule has 0 radical (unpaired) electrons. The number of alkyl halides is 3. The van der Waals surface area contributed by atoms with Crippen molar-refractivity contribution in [3.63, 3.8) is 0 Å². The van der Waals surface area contributed by atoms with E-state index in [-0.39, 0.29) is 25.1 Å². The minimum Gasteiger partial charge on any atom is -0.356 e. The van der Waals surface area contributed by atoms with Crippen LogP contribution in [0.3, 0.4) is 0 Å². The molecule has 0 unspecified atom stereocenters. The molecule has 24 heavy (non-hydrogen) atoms. The molecule has 0 atom stereocenters. The summed E-state index contributed by atoms with van der Waals surface area (Å²) in [6.07, 6.45) is -3.98. The highest BCUT2D eigenvalue weighted by molar-refractivity contribution is 5.79. The van der Waals surface area contributed by atoms with Gasteiger partial charge in [-0.15, -0.1) is 0 Å². The van der Waals surface area contributed by atoms with Crippen molar-refractivity contribution in [1.82, 2.24) is 15.5 Å². The normalized spacial score (nSPS) is 12.6. The Kier molecular flexibility index (Phi) is 7.90. The van der Waals surface area contributed by atoms with Crippen LogP contribution in [-0.2, 0) is 6.42 Å². The molecule has 0 amide bonds. The Morgan fingerprint density at radius 1 is 1.17 bits per heavy atom. The van der Waals surface area contributed by atoms with Gasteiger partial charge in [0.05, 0.1) is 6.54 Å². The first-order chi connectivity index (χ1) is 11.2. The first-order valence-electron chi connectivity index (χ1n) is 7.35. The number of halogens is 5. The first kappa shape index (κ1) is 20.1. The molecule has 0 spiro atoms. The Bertz CT molecular complexity index is 545. The maximum atomic E-state index is 13.5. The molecule has 1 rings (SSSR count). The van der Waals surface area contributed by atoms with Crippen molar-refractivity contribution in [3.05, 3.63) is 35.4 Å². The molecule has 1 aromatic carbocycles. The molecule has 136 valence electrons. The van der Waals surface area contributed by atoms with Crippen molar-refractivity contribution >= 4 is 5.96 Å². The number of benzene rings is 1. The molecular weight excluding hydrogens is 331 g/mol. The molecule has 4 nitrogen and oxygen atoms in total. The van der Waals surface area contributed by atoms with Gasteiger partial charge < -0.3 is 10.6 Å². The number of aliphatic imine (C=N–C) groups is 1. The predicted octanol–water partition coefficient (Wildman–Crippen LogP) is 2.17. The van der Waals surface area contributed by atoms with Crippen molar-refractivity contribution < 1.29 is 22.0 Å². The van der Waals surface area contributed by atoms with E-state index >= 15 is 0 Å². The zero-order valence-corrected chi connectivity index (χ0v) is 13.6. The second-order valence-corrected chi connectivity index (χ2v) is 5.26. The Morgan fingerprint density at radius 3 is 2.46 bits per heavy atom. The molecule has 1 aromatic rings. The Labute approximate surface area is 137 Å². The SMILES string of the molecule is CN=C(NCCc1cc(F)ccc1F)NCCN(C)CC(F)(F)F. The van der Waals surface area contributed by atoms with Gasteiger partial charge in [0.25, 0.3) is 0 Å². The summed E-state index contributed by atoms with van der Waals surface area (Å²) in [4.78, 5) is 5.06. The number of rotatable bonds is 7. The third kappa shape index (κ3) is 8.09. The fraction of sp³-hybridized carbons (Fsp3) is 0.533. The van der Waals surface area contributed by atoms with Crippen molar-refractivity contribution in [1.29, 1.82) is 0 Å². The van der Waals surface area contributed by atoms with E-state index in [0.29, 0.717) is 12.5 Å². The molecule has 0 saturated heterocycles. The van der Waals surface area contributed by atoms with Gasteiger partial charge in [0.1, 0.15) is 11.6 Å². The van der Waals surface area contributed by atoms with Crippen LogP contribution in [0.15, 0.2) is 23.2 Å². The van der Waals surface area contributed by atoms with Gasteiger partial charge in [0, 0.05) is 26.7 Å². The van der Waals surface area contributed by atoms with E-state index < -0.39 is 24.4 Å².